The predicted octanol–water partition coefficient (Wildman–Crippen LogP) is 2.77. The maximum atomic E-state index is 11.0. The Kier molecular flexibility index (Phi) is 5.80. The van der Waals surface area contributed by atoms with Crippen LogP contribution < -0.4 is 10.6 Å². The number of nitrogens with zero attached hydrogens (tertiary/aromatic N) is 1. The van der Waals surface area contributed by atoms with Crippen LogP contribution in [0.15, 0.2) is 59.6 Å². The molecule has 3 N–H and O–H groups in total. The topological polar surface area (TPSA) is 73.7 Å². The lowest BCUT2D eigenvalue weighted by atomic mass is 9.99. The second kappa shape index (κ2) is 8.44. The minimum atomic E-state index is -0.933. The lowest BCUT2D eigenvalue weighted by Gasteiger charge is -2.26. The first kappa shape index (κ1) is 17.2. The zero-order valence-corrected chi connectivity index (χ0v) is 14.1. The SMILES string of the molecule is O=C(O)CN=C(c1ccccc1)c1ccccc1NC1CCNCC1. The fourth-order valence-electron chi connectivity index (χ4n) is 3.08. The molecule has 0 saturated carbocycles. The Morgan fingerprint density at radius 1 is 1.08 bits per heavy atom. The molecule has 0 unspecified atom stereocenters. The average Bonchev–Trinajstić information content (AvgIpc) is 2.65. The van der Waals surface area contributed by atoms with Gasteiger partial charge in [-0.1, -0.05) is 48.5 Å². The Labute approximate surface area is 147 Å². The van der Waals surface area contributed by atoms with Crippen LogP contribution in [0.3, 0.4) is 0 Å². The van der Waals surface area contributed by atoms with Gasteiger partial charge in [0.1, 0.15) is 6.54 Å². The van der Waals surface area contributed by atoms with Crippen molar-refractivity contribution in [2.45, 2.75) is 18.9 Å². The highest BCUT2D eigenvalue weighted by molar-refractivity contribution is 6.16. The van der Waals surface area contributed by atoms with Crippen LogP contribution in [-0.2, 0) is 4.79 Å². The lowest BCUT2D eigenvalue weighted by molar-refractivity contribution is -0.135. The van der Waals surface area contributed by atoms with Crippen LogP contribution in [0.5, 0.6) is 0 Å². The molecule has 2 aromatic carbocycles. The summed E-state index contributed by atoms with van der Waals surface area (Å²) in [6.45, 7) is 1.78. The molecule has 25 heavy (non-hydrogen) atoms. The van der Waals surface area contributed by atoms with Gasteiger partial charge >= 0.3 is 5.97 Å². The third-order valence-electron chi connectivity index (χ3n) is 4.30. The van der Waals surface area contributed by atoms with Gasteiger partial charge < -0.3 is 15.7 Å². The number of carboxylic acid groups (broad SMARTS) is 1. The summed E-state index contributed by atoms with van der Waals surface area (Å²) in [4.78, 5) is 15.4. The molecule has 0 amide bonds. The number of hydrogen-bond acceptors (Lipinski definition) is 4. The number of carboxylic acids is 1. The second-order valence-electron chi connectivity index (χ2n) is 6.14. The molecule has 1 aliphatic rings. The normalized spacial score (nSPS) is 15.8. The molecule has 0 spiro atoms. The highest BCUT2D eigenvalue weighted by Crippen LogP contribution is 2.22. The standard InChI is InChI=1S/C20H23N3O2/c24-19(25)14-22-20(15-6-2-1-3-7-15)17-8-4-5-9-18(17)23-16-10-12-21-13-11-16/h1-9,16,21,23H,10-14H2,(H,24,25). The van der Waals surface area contributed by atoms with Gasteiger partial charge in [0, 0.05) is 22.9 Å². The number of aliphatic carboxylic acids is 1. The van der Waals surface area contributed by atoms with E-state index in [1.165, 1.54) is 0 Å². The zero-order valence-electron chi connectivity index (χ0n) is 14.1. The maximum absolute atomic E-state index is 11.0. The first-order valence-electron chi connectivity index (χ1n) is 8.62. The predicted molar refractivity (Wildman–Crippen MR) is 101 cm³/mol. The minimum absolute atomic E-state index is 0.244. The molecule has 0 radical (unpaired) electrons. The van der Waals surface area contributed by atoms with Gasteiger partial charge in [0.25, 0.3) is 0 Å². The number of carbonyl (C=O) groups is 1. The van der Waals surface area contributed by atoms with Crippen molar-refractivity contribution < 1.29 is 9.90 Å². The second-order valence-corrected chi connectivity index (χ2v) is 6.14. The summed E-state index contributed by atoms with van der Waals surface area (Å²) in [5.74, 6) is -0.933. The van der Waals surface area contributed by atoms with E-state index < -0.39 is 5.97 Å². The Bertz CT molecular complexity index is 738. The van der Waals surface area contributed by atoms with Crippen LogP contribution in [0.2, 0.25) is 0 Å². The summed E-state index contributed by atoms with van der Waals surface area (Å²) >= 11 is 0. The van der Waals surface area contributed by atoms with E-state index in [1.807, 2.05) is 54.6 Å². The molecule has 5 nitrogen and oxygen atoms in total. The molecule has 2 aromatic rings. The summed E-state index contributed by atoms with van der Waals surface area (Å²) < 4.78 is 0. The smallest absolute Gasteiger partial charge is 0.325 e. The molecule has 5 heteroatoms. The number of benzene rings is 2. The summed E-state index contributed by atoms with van der Waals surface area (Å²) in [6.07, 6.45) is 2.14. The van der Waals surface area contributed by atoms with Crippen molar-refractivity contribution in [1.82, 2.24) is 5.32 Å². The molecular formula is C20H23N3O2. The van der Waals surface area contributed by atoms with Crippen molar-refractivity contribution in [3.05, 3.63) is 65.7 Å². The summed E-state index contributed by atoms with van der Waals surface area (Å²) in [5, 5.41) is 16.0. The van der Waals surface area contributed by atoms with Gasteiger partial charge in [-0.3, -0.25) is 9.79 Å². The summed E-state index contributed by atoms with van der Waals surface area (Å²) in [7, 11) is 0. The van der Waals surface area contributed by atoms with Crippen LogP contribution in [0.4, 0.5) is 5.69 Å². The first-order chi connectivity index (χ1) is 12.2. The lowest BCUT2D eigenvalue weighted by Crippen LogP contribution is -2.35. The zero-order chi connectivity index (χ0) is 17.5. The van der Waals surface area contributed by atoms with Crippen LogP contribution >= 0.6 is 0 Å². The molecule has 1 fully saturated rings. The molecule has 1 aliphatic heterocycles. The number of nitrogens with one attached hydrogen (secondary N) is 2. The van der Waals surface area contributed by atoms with Gasteiger partial charge in [-0.25, -0.2) is 0 Å². The van der Waals surface area contributed by atoms with E-state index in [-0.39, 0.29) is 6.54 Å². The van der Waals surface area contributed by atoms with Crippen LogP contribution in [0.1, 0.15) is 24.0 Å². The molecule has 0 aromatic heterocycles. The number of hydrogen-bond donors (Lipinski definition) is 3. The molecule has 0 atom stereocenters. The minimum Gasteiger partial charge on any atom is -0.480 e. The van der Waals surface area contributed by atoms with E-state index in [0.29, 0.717) is 11.8 Å². The number of aliphatic imine (C=N–C) groups is 1. The third-order valence-corrected chi connectivity index (χ3v) is 4.30. The molecule has 0 aliphatic carbocycles. The van der Waals surface area contributed by atoms with E-state index in [9.17, 15) is 4.79 Å². The fraction of sp³-hybridized carbons (Fsp3) is 0.300. The average molecular weight is 337 g/mol. The largest absolute Gasteiger partial charge is 0.480 e. The van der Waals surface area contributed by atoms with Gasteiger partial charge in [-0.15, -0.1) is 0 Å². The number of para-hydroxylation sites is 1. The first-order valence-corrected chi connectivity index (χ1v) is 8.62. The fourth-order valence-corrected chi connectivity index (χ4v) is 3.08. The van der Waals surface area contributed by atoms with Crippen molar-refractivity contribution in [2.75, 3.05) is 25.0 Å². The molecular weight excluding hydrogens is 314 g/mol. The number of rotatable bonds is 6. The van der Waals surface area contributed by atoms with Gasteiger partial charge in [-0.2, -0.15) is 0 Å². The van der Waals surface area contributed by atoms with Crippen molar-refractivity contribution >= 4 is 17.4 Å². The quantitative estimate of drug-likeness (QED) is 0.709. The van der Waals surface area contributed by atoms with Gasteiger partial charge in [0.05, 0.1) is 5.71 Å². The summed E-state index contributed by atoms with van der Waals surface area (Å²) in [6, 6.07) is 18.1. The molecule has 1 heterocycles. The van der Waals surface area contributed by atoms with Crippen molar-refractivity contribution in [3.8, 4) is 0 Å². The molecule has 1 saturated heterocycles. The van der Waals surface area contributed by atoms with E-state index in [1.54, 1.807) is 0 Å². The maximum Gasteiger partial charge on any atom is 0.325 e. The number of anilines is 1. The van der Waals surface area contributed by atoms with Gasteiger partial charge in [-0.05, 0) is 32.0 Å². The van der Waals surface area contributed by atoms with Crippen molar-refractivity contribution in [1.29, 1.82) is 0 Å². The van der Waals surface area contributed by atoms with E-state index >= 15 is 0 Å². The molecule has 0 bridgehead atoms. The monoisotopic (exact) mass is 337 g/mol. The Morgan fingerprint density at radius 2 is 1.76 bits per heavy atom. The Hall–Kier alpha value is -2.66. The van der Waals surface area contributed by atoms with Crippen LogP contribution in [0.25, 0.3) is 0 Å². The van der Waals surface area contributed by atoms with E-state index in [0.717, 1.165) is 42.7 Å². The van der Waals surface area contributed by atoms with Crippen LogP contribution in [0, 0.1) is 0 Å². The summed E-state index contributed by atoms with van der Waals surface area (Å²) in [5.41, 5.74) is 3.57. The Morgan fingerprint density at radius 3 is 2.48 bits per heavy atom. The van der Waals surface area contributed by atoms with Crippen molar-refractivity contribution in [2.24, 2.45) is 4.99 Å². The number of piperidine rings is 1. The third kappa shape index (κ3) is 4.67. The van der Waals surface area contributed by atoms with Crippen molar-refractivity contribution in [3.63, 3.8) is 0 Å². The molecule has 130 valence electrons. The Balaban J connectivity index is 1.95. The molecule has 3 rings (SSSR count). The van der Waals surface area contributed by atoms with E-state index in [2.05, 4.69) is 15.6 Å². The van der Waals surface area contributed by atoms with E-state index in [4.69, 9.17) is 5.11 Å². The van der Waals surface area contributed by atoms with Gasteiger partial charge in [0.2, 0.25) is 0 Å². The highest BCUT2D eigenvalue weighted by atomic mass is 16.4. The highest BCUT2D eigenvalue weighted by Gasteiger charge is 2.17. The van der Waals surface area contributed by atoms with Gasteiger partial charge in [0.15, 0.2) is 0 Å². The van der Waals surface area contributed by atoms with Crippen LogP contribution in [-0.4, -0.2) is 42.5 Å².